The Labute approximate surface area is 120 Å². The monoisotopic (exact) mass is 271 g/mol. The van der Waals surface area contributed by atoms with Crippen molar-refractivity contribution in [1.29, 1.82) is 0 Å². The minimum Gasteiger partial charge on any atom is -0.494 e. The zero-order chi connectivity index (χ0) is 14.4. The molecule has 0 aliphatic carbocycles. The molecule has 0 aliphatic rings. The highest BCUT2D eigenvalue weighted by molar-refractivity contribution is 5.39. The number of anilines is 1. The Balaban J connectivity index is 2.11. The lowest BCUT2D eigenvalue weighted by molar-refractivity contribution is 0.340. The van der Waals surface area contributed by atoms with Crippen LogP contribution < -0.4 is 10.1 Å². The van der Waals surface area contributed by atoms with Crippen LogP contribution >= 0.6 is 0 Å². The Morgan fingerprint density at radius 2 is 1.90 bits per heavy atom. The van der Waals surface area contributed by atoms with Gasteiger partial charge in [0.2, 0.25) is 0 Å². The van der Waals surface area contributed by atoms with E-state index < -0.39 is 0 Å². The van der Waals surface area contributed by atoms with E-state index >= 15 is 0 Å². The average molecular weight is 271 g/mol. The number of nitrogens with one attached hydrogen (secondary N) is 1. The molecule has 0 amide bonds. The summed E-state index contributed by atoms with van der Waals surface area (Å²) < 4.78 is 5.47. The van der Waals surface area contributed by atoms with Gasteiger partial charge in [-0.1, -0.05) is 19.1 Å². The lowest BCUT2D eigenvalue weighted by atomic mass is 10.0. The molecule has 1 unspecified atom stereocenters. The third-order valence-electron chi connectivity index (χ3n) is 3.10. The number of hydrogen-bond donors (Lipinski definition) is 1. The molecular weight excluding hydrogens is 250 g/mol. The summed E-state index contributed by atoms with van der Waals surface area (Å²) in [5, 5.41) is 3.45. The summed E-state index contributed by atoms with van der Waals surface area (Å²) in [5.74, 6) is 2.54. The predicted molar refractivity (Wildman–Crippen MR) is 81.0 cm³/mol. The highest BCUT2D eigenvalue weighted by Gasteiger charge is 2.10. The first-order valence-corrected chi connectivity index (χ1v) is 7.02. The number of rotatable bonds is 6. The van der Waals surface area contributed by atoms with Crippen molar-refractivity contribution in [2.75, 3.05) is 11.9 Å². The van der Waals surface area contributed by atoms with Gasteiger partial charge in [0.15, 0.2) is 0 Å². The van der Waals surface area contributed by atoms with Gasteiger partial charge in [-0.15, -0.1) is 0 Å². The quantitative estimate of drug-likeness (QED) is 0.869. The Bertz CT molecular complexity index is 540. The third-order valence-corrected chi connectivity index (χ3v) is 3.10. The van der Waals surface area contributed by atoms with Crippen LogP contribution in [0.3, 0.4) is 0 Å². The molecule has 4 nitrogen and oxygen atoms in total. The van der Waals surface area contributed by atoms with Crippen LogP contribution in [-0.4, -0.2) is 16.6 Å². The second-order valence-corrected chi connectivity index (χ2v) is 4.60. The topological polar surface area (TPSA) is 47.0 Å². The Morgan fingerprint density at radius 3 is 2.50 bits per heavy atom. The number of nitrogens with zero attached hydrogens (tertiary/aromatic N) is 2. The van der Waals surface area contributed by atoms with Crippen LogP contribution in [-0.2, 0) is 0 Å². The maximum Gasteiger partial charge on any atom is 0.130 e. The molecule has 106 valence electrons. The van der Waals surface area contributed by atoms with Crippen molar-refractivity contribution in [2.24, 2.45) is 0 Å². The van der Waals surface area contributed by atoms with Crippen LogP contribution in [0.5, 0.6) is 5.75 Å². The standard InChI is InChI=1S/C16H21N3O/c1-4-15(19-16-10-11-17-12(3)18-16)13-6-8-14(9-7-13)20-5-2/h6-11,15H,4-5H2,1-3H3,(H,17,18,19). The predicted octanol–water partition coefficient (Wildman–Crippen LogP) is 3.75. The summed E-state index contributed by atoms with van der Waals surface area (Å²) >= 11 is 0. The number of ether oxygens (including phenoxy) is 1. The first kappa shape index (κ1) is 14.3. The molecular formula is C16H21N3O. The van der Waals surface area contributed by atoms with Crippen molar-refractivity contribution in [2.45, 2.75) is 33.2 Å². The van der Waals surface area contributed by atoms with E-state index in [1.165, 1.54) is 5.56 Å². The molecule has 0 fully saturated rings. The Hall–Kier alpha value is -2.10. The molecule has 2 aromatic rings. The van der Waals surface area contributed by atoms with Crippen molar-refractivity contribution >= 4 is 5.82 Å². The molecule has 0 radical (unpaired) electrons. The van der Waals surface area contributed by atoms with Gasteiger partial charge in [-0.25, -0.2) is 9.97 Å². The first-order valence-electron chi connectivity index (χ1n) is 7.02. The van der Waals surface area contributed by atoms with Crippen LogP contribution in [0.2, 0.25) is 0 Å². The van der Waals surface area contributed by atoms with E-state index in [2.05, 4.69) is 34.3 Å². The van der Waals surface area contributed by atoms with Crippen LogP contribution in [0.25, 0.3) is 0 Å². The van der Waals surface area contributed by atoms with E-state index in [4.69, 9.17) is 4.74 Å². The number of aryl methyl sites for hydroxylation is 1. The van der Waals surface area contributed by atoms with E-state index in [-0.39, 0.29) is 6.04 Å². The van der Waals surface area contributed by atoms with E-state index in [0.717, 1.165) is 23.8 Å². The van der Waals surface area contributed by atoms with E-state index in [0.29, 0.717) is 6.61 Å². The highest BCUT2D eigenvalue weighted by Crippen LogP contribution is 2.23. The number of benzene rings is 1. The molecule has 0 spiro atoms. The molecule has 0 aliphatic heterocycles. The second kappa shape index (κ2) is 6.89. The lowest BCUT2D eigenvalue weighted by Crippen LogP contribution is -2.11. The van der Waals surface area contributed by atoms with Gasteiger partial charge in [0.25, 0.3) is 0 Å². The maximum atomic E-state index is 5.47. The van der Waals surface area contributed by atoms with Crippen molar-refractivity contribution < 1.29 is 4.74 Å². The van der Waals surface area contributed by atoms with Gasteiger partial charge in [-0.3, -0.25) is 0 Å². The molecule has 2 rings (SSSR count). The zero-order valence-electron chi connectivity index (χ0n) is 12.3. The molecule has 1 N–H and O–H groups in total. The van der Waals surface area contributed by atoms with Gasteiger partial charge in [0.1, 0.15) is 17.4 Å². The summed E-state index contributed by atoms with van der Waals surface area (Å²) in [4.78, 5) is 8.50. The van der Waals surface area contributed by atoms with Gasteiger partial charge in [0.05, 0.1) is 12.6 Å². The average Bonchev–Trinajstić information content (AvgIpc) is 2.46. The van der Waals surface area contributed by atoms with Crippen LogP contribution in [0, 0.1) is 6.92 Å². The van der Waals surface area contributed by atoms with Crippen molar-refractivity contribution in [3.8, 4) is 5.75 Å². The largest absolute Gasteiger partial charge is 0.494 e. The Morgan fingerprint density at radius 1 is 1.15 bits per heavy atom. The molecule has 1 aromatic carbocycles. The minimum absolute atomic E-state index is 0.236. The summed E-state index contributed by atoms with van der Waals surface area (Å²) in [6.07, 6.45) is 2.76. The van der Waals surface area contributed by atoms with Gasteiger partial charge < -0.3 is 10.1 Å². The number of aromatic nitrogens is 2. The summed E-state index contributed by atoms with van der Waals surface area (Å²) in [5.41, 5.74) is 1.23. The highest BCUT2D eigenvalue weighted by atomic mass is 16.5. The molecule has 4 heteroatoms. The van der Waals surface area contributed by atoms with Crippen LogP contribution in [0.15, 0.2) is 36.5 Å². The fourth-order valence-electron chi connectivity index (χ4n) is 2.10. The van der Waals surface area contributed by atoms with Gasteiger partial charge >= 0.3 is 0 Å². The van der Waals surface area contributed by atoms with Crippen LogP contribution in [0.1, 0.15) is 37.7 Å². The van der Waals surface area contributed by atoms with Crippen molar-refractivity contribution in [3.05, 3.63) is 47.9 Å². The van der Waals surface area contributed by atoms with E-state index in [1.54, 1.807) is 6.20 Å². The molecule has 0 saturated heterocycles. The zero-order valence-corrected chi connectivity index (χ0v) is 12.3. The fraction of sp³-hybridized carbons (Fsp3) is 0.375. The summed E-state index contributed by atoms with van der Waals surface area (Å²) in [7, 11) is 0. The molecule has 0 bridgehead atoms. The fourth-order valence-corrected chi connectivity index (χ4v) is 2.10. The maximum absolute atomic E-state index is 5.47. The first-order chi connectivity index (χ1) is 9.72. The third kappa shape index (κ3) is 3.70. The van der Waals surface area contributed by atoms with E-state index in [9.17, 15) is 0 Å². The summed E-state index contributed by atoms with van der Waals surface area (Å²) in [6, 6.07) is 10.3. The summed E-state index contributed by atoms with van der Waals surface area (Å²) in [6.45, 7) is 6.72. The number of hydrogen-bond acceptors (Lipinski definition) is 4. The van der Waals surface area contributed by atoms with Crippen molar-refractivity contribution in [1.82, 2.24) is 9.97 Å². The van der Waals surface area contributed by atoms with Gasteiger partial charge in [-0.05, 0) is 44.0 Å². The SMILES string of the molecule is CCOc1ccc(C(CC)Nc2ccnc(C)n2)cc1. The van der Waals surface area contributed by atoms with Crippen molar-refractivity contribution in [3.63, 3.8) is 0 Å². The minimum atomic E-state index is 0.236. The second-order valence-electron chi connectivity index (χ2n) is 4.60. The lowest BCUT2D eigenvalue weighted by Gasteiger charge is -2.18. The molecule has 20 heavy (non-hydrogen) atoms. The Kier molecular flexibility index (Phi) is 4.93. The van der Waals surface area contributed by atoms with Gasteiger partial charge in [0, 0.05) is 6.20 Å². The molecule has 1 aromatic heterocycles. The molecule has 1 heterocycles. The van der Waals surface area contributed by atoms with Crippen LogP contribution in [0.4, 0.5) is 5.82 Å². The van der Waals surface area contributed by atoms with Gasteiger partial charge in [-0.2, -0.15) is 0 Å². The normalized spacial score (nSPS) is 11.9. The van der Waals surface area contributed by atoms with E-state index in [1.807, 2.05) is 32.0 Å². The smallest absolute Gasteiger partial charge is 0.130 e. The molecule has 0 saturated carbocycles. The molecule has 1 atom stereocenters.